The average Bonchev–Trinajstić information content (AvgIpc) is 3.13. The second-order valence-corrected chi connectivity index (χ2v) is 8.98. The standard InChI is InChI=1S/C17H17N5O7S2/c1-5(23)29-8-3-6-11(16(26)27)22-14(25)10(15(22)31-12(6)8)20-13(24)9(21-28-2)7-4-30-17(18)19-7/h4,8,10,12,15H,3H2,1-2H3,(H2,18,19)(H,20,24)(H,26,27)/b21-9-/t8-,10+,12+,15+/m0/s1. The number of carboxylic acid groups (broad SMARTS) is 1. The summed E-state index contributed by atoms with van der Waals surface area (Å²) in [5, 5.41) is 16.6. The van der Waals surface area contributed by atoms with Crippen LogP contribution in [0.15, 0.2) is 21.8 Å². The molecule has 1 saturated heterocycles. The van der Waals surface area contributed by atoms with E-state index in [1.54, 1.807) is 0 Å². The number of nitrogens with zero attached hydrogens (tertiary/aromatic N) is 3. The maximum Gasteiger partial charge on any atom is 0.352 e. The molecule has 2 amide bonds. The number of nitrogen functional groups attached to an aromatic ring is 1. The highest BCUT2D eigenvalue weighted by molar-refractivity contribution is 8.01. The highest BCUT2D eigenvalue weighted by Crippen LogP contribution is 2.52. The van der Waals surface area contributed by atoms with Gasteiger partial charge >= 0.3 is 11.9 Å². The van der Waals surface area contributed by atoms with Gasteiger partial charge in [-0.15, -0.1) is 23.1 Å². The van der Waals surface area contributed by atoms with Gasteiger partial charge in [-0.3, -0.25) is 19.3 Å². The van der Waals surface area contributed by atoms with Crippen LogP contribution in [0.25, 0.3) is 0 Å². The van der Waals surface area contributed by atoms with Crippen molar-refractivity contribution >= 4 is 57.7 Å². The van der Waals surface area contributed by atoms with Crippen LogP contribution in [0.4, 0.5) is 5.13 Å². The largest absolute Gasteiger partial charge is 0.477 e. The van der Waals surface area contributed by atoms with Gasteiger partial charge in [0, 0.05) is 18.7 Å². The van der Waals surface area contributed by atoms with E-state index in [0.29, 0.717) is 5.57 Å². The number of carbonyl (C=O) groups is 4. The molecule has 4 atom stereocenters. The van der Waals surface area contributed by atoms with Crippen LogP contribution in [0.1, 0.15) is 19.0 Å². The molecule has 0 unspecified atom stereocenters. The Balaban J connectivity index is 1.55. The lowest BCUT2D eigenvalue weighted by Crippen LogP contribution is -2.73. The first kappa shape index (κ1) is 21.1. The number of hydrogen-bond acceptors (Lipinski definition) is 11. The van der Waals surface area contributed by atoms with Crippen molar-refractivity contribution in [3.63, 3.8) is 0 Å². The number of nitrogens with one attached hydrogen (secondary N) is 1. The number of hydrogen-bond donors (Lipinski definition) is 3. The number of ether oxygens (including phenoxy) is 1. The molecule has 0 bridgehead atoms. The maximum absolute atomic E-state index is 12.8. The van der Waals surface area contributed by atoms with Crippen molar-refractivity contribution in [1.29, 1.82) is 0 Å². The van der Waals surface area contributed by atoms with Crippen molar-refractivity contribution in [3.8, 4) is 0 Å². The van der Waals surface area contributed by atoms with Crippen LogP contribution in [-0.2, 0) is 28.8 Å². The number of carboxylic acids is 1. The Bertz CT molecular complexity index is 1050. The van der Waals surface area contributed by atoms with E-state index in [0.717, 1.165) is 16.2 Å². The van der Waals surface area contributed by atoms with Crippen molar-refractivity contribution < 1.29 is 33.9 Å². The third-order valence-electron chi connectivity index (χ3n) is 4.95. The summed E-state index contributed by atoms with van der Waals surface area (Å²) in [4.78, 5) is 58.5. The van der Waals surface area contributed by atoms with Crippen molar-refractivity contribution in [2.75, 3.05) is 12.8 Å². The molecule has 1 aliphatic carbocycles. The predicted octanol–water partition coefficient (Wildman–Crippen LogP) is -0.482. The van der Waals surface area contributed by atoms with Gasteiger partial charge in [0.25, 0.3) is 11.8 Å². The number of carbonyl (C=O) groups excluding carboxylic acids is 3. The van der Waals surface area contributed by atoms with Crippen LogP contribution in [0.3, 0.4) is 0 Å². The van der Waals surface area contributed by atoms with Gasteiger partial charge in [-0.25, -0.2) is 9.78 Å². The minimum Gasteiger partial charge on any atom is -0.477 e. The molecule has 31 heavy (non-hydrogen) atoms. The summed E-state index contributed by atoms with van der Waals surface area (Å²) in [7, 11) is 1.26. The Labute approximate surface area is 183 Å². The van der Waals surface area contributed by atoms with Crippen LogP contribution in [0.2, 0.25) is 0 Å². The molecule has 1 aromatic heterocycles. The van der Waals surface area contributed by atoms with Crippen LogP contribution in [-0.4, -0.2) is 74.3 Å². The summed E-state index contributed by atoms with van der Waals surface area (Å²) in [6, 6.07) is -0.995. The summed E-state index contributed by atoms with van der Waals surface area (Å²) >= 11 is 2.38. The van der Waals surface area contributed by atoms with Crippen molar-refractivity contribution in [2.24, 2.45) is 5.16 Å². The van der Waals surface area contributed by atoms with E-state index in [2.05, 4.69) is 15.5 Å². The summed E-state index contributed by atoms with van der Waals surface area (Å²) in [5.41, 5.74) is 6.04. The molecule has 0 spiro atoms. The molecule has 2 aliphatic heterocycles. The van der Waals surface area contributed by atoms with E-state index < -0.39 is 46.5 Å². The zero-order chi connectivity index (χ0) is 22.4. The second-order valence-electron chi connectivity index (χ2n) is 6.83. The first-order valence-corrected chi connectivity index (χ1v) is 10.8. The fraction of sp³-hybridized carbons (Fsp3) is 0.412. The second kappa shape index (κ2) is 7.85. The molecule has 4 rings (SSSR count). The highest BCUT2D eigenvalue weighted by Gasteiger charge is 2.60. The summed E-state index contributed by atoms with van der Waals surface area (Å²) in [6.45, 7) is 1.28. The molecule has 2 fully saturated rings. The van der Waals surface area contributed by atoms with Crippen molar-refractivity contribution in [2.45, 2.75) is 36.1 Å². The minimum absolute atomic E-state index is 0.120. The summed E-state index contributed by atoms with van der Waals surface area (Å²) < 4.78 is 5.23. The van der Waals surface area contributed by atoms with Gasteiger partial charge in [-0.05, 0) is 5.57 Å². The average molecular weight is 467 g/mol. The maximum atomic E-state index is 12.8. The first-order valence-electron chi connectivity index (χ1n) is 8.98. The molecule has 1 saturated carbocycles. The molecule has 14 heteroatoms. The number of thiazole rings is 1. The monoisotopic (exact) mass is 467 g/mol. The van der Waals surface area contributed by atoms with E-state index in [1.807, 2.05) is 0 Å². The number of esters is 1. The van der Waals surface area contributed by atoms with E-state index in [1.165, 1.54) is 31.2 Å². The van der Waals surface area contributed by atoms with Crippen LogP contribution >= 0.6 is 23.1 Å². The number of thioether (sulfide) groups is 1. The fourth-order valence-electron chi connectivity index (χ4n) is 3.64. The zero-order valence-electron chi connectivity index (χ0n) is 16.2. The van der Waals surface area contributed by atoms with Crippen LogP contribution < -0.4 is 11.1 Å². The van der Waals surface area contributed by atoms with E-state index in [-0.39, 0.29) is 28.7 Å². The molecule has 1 aromatic rings. The molecule has 3 heterocycles. The normalized spacial score (nSPS) is 26.8. The summed E-state index contributed by atoms with van der Waals surface area (Å²) in [5.74, 6) is -2.99. The van der Waals surface area contributed by atoms with Crippen molar-refractivity contribution in [1.82, 2.24) is 15.2 Å². The third-order valence-corrected chi connectivity index (χ3v) is 7.26. The molecule has 164 valence electrons. The number of oxime groups is 1. The van der Waals surface area contributed by atoms with Gasteiger partial charge in [0.05, 0.1) is 5.25 Å². The Hall–Kier alpha value is -3.13. The van der Waals surface area contributed by atoms with E-state index >= 15 is 0 Å². The van der Waals surface area contributed by atoms with E-state index in [9.17, 15) is 24.3 Å². The van der Waals surface area contributed by atoms with Crippen LogP contribution in [0.5, 0.6) is 0 Å². The Morgan fingerprint density at radius 2 is 2.16 bits per heavy atom. The van der Waals surface area contributed by atoms with Crippen molar-refractivity contribution in [3.05, 3.63) is 22.3 Å². The Morgan fingerprint density at radius 3 is 2.74 bits per heavy atom. The predicted molar refractivity (Wildman–Crippen MR) is 109 cm³/mol. The molecule has 4 N–H and O–H groups in total. The van der Waals surface area contributed by atoms with Gasteiger partial charge < -0.3 is 25.7 Å². The third kappa shape index (κ3) is 3.50. The van der Waals surface area contributed by atoms with Crippen LogP contribution in [0, 0.1) is 0 Å². The minimum atomic E-state index is -1.25. The SMILES string of the molecule is CO/N=C(\C(=O)N[C@@H]1C(=O)N2C(C(=O)O)=C3C[C@H](OC(C)=O)[C@@H]3S[C@H]12)c1csc(N)n1. The lowest BCUT2D eigenvalue weighted by molar-refractivity contribution is -0.152. The molecular formula is C17H17N5O7S2. The summed E-state index contributed by atoms with van der Waals surface area (Å²) in [6.07, 6.45) is -0.230. The zero-order valence-corrected chi connectivity index (χ0v) is 17.9. The topological polar surface area (TPSA) is 174 Å². The van der Waals surface area contributed by atoms with Gasteiger partial charge in [-0.1, -0.05) is 5.16 Å². The molecular weight excluding hydrogens is 450 g/mol. The van der Waals surface area contributed by atoms with Gasteiger partial charge in [0.2, 0.25) is 0 Å². The number of nitrogens with two attached hydrogens (primary N) is 1. The number of aromatic nitrogens is 1. The van der Waals surface area contributed by atoms with Gasteiger partial charge in [0.15, 0.2) is 10.8 Å². The molecule has 0 radical (unpaired) electrons. The molecule has 3 aliphatic rings. The highest BCUT2D eigenvalue weighted by atomic mass is 32.2. The number of aliphatic carboxylic acids is 1. The fourth-order valence-corrected chi connectivity index (χ4v) is 5.86. The number of rotatable bonds is 6. The number of amides is 2. The van der Waals surface area contributed by atoms with Gasteiger partial charge in [0.1, 0.15) is 36.0 Å². The smallest absolute Gasteiger partial charge is 0.352 e. The number of β-lactam (4-membered cyclic amide) rings is 1. The Kier molecular flexibility index (Phi) is 5.35. The molecule has 0 aromatic carbocycles. The first-order chi connectivity index (χ1) is 14.7. The number of anilines is 1. The van der Waals surface area contributed by atoms with Gasteiger partial charge in [-0.2, -0.15) is 0 Å². The van der Waals surface area contributed by atoms with E-state index in [4.69, 9.17) is 15.3 Å². The quantitative estimate of drug-likeness (QED) is 0.214. The Morgan fingerprint density at radius 1 is 1.42 bits per heavy atom. The lowest BCUT2D eigenvalue weighted by atomic mass is 9.84. The number of fused-ring (bicyclic) bond motifs is 2. The lowest BCUT2D eigenvalue weighted by Gasteiger charge is -2.55. The molecule has 12 nitrogen and oxygen atoms in total.